The van der Waals surface area contributed by atoms with Gasteiger partial charge in [-0.25, -0.2) is 4.98 Å². The molecule has 3 heterocycles. The fourth-order valence-electron chi connectivity index (χ4n) is 1.78. The fraction of sp³-hybridized carbons (Fsp3) is 0.400. The monoisotopic (exact) mass is 298 g/mol. The van der Waals surface area contributed by atoms with Gasteiger partial charge in [0.25, 0.3) is 0 Å². The zero-order chi connectivity index (χ0) is 13.2. The van der Waals surface area contributed by atoms with Gasteiger partial charge in [0.2, 0.25) is 11.9 Å². The van der Waals surface area contributed by atoms with Crippen molar-refractivity contribution in [2.75, 3.05) is 23.4 Å². The number of halogens is 1. The Hall–Kier alpha value is -1.38. The minimum absolute atomic E-state index is 0.154. The van der Waals surface area contributed by atoms with Crippen LogP contribution in [0.2, 0.25) is 5.15 Å². The normalized spacial score (nSPS) is 19.5. The van der Waals surface area contributed by atoms with Crippen LogP contribution in [0.3, 0.4) is 0 Å². The predicted molar refractivity (Wildman–Crippen MR) is 74.4 cm³/mol. The molecular weight excluding hydrogens is 288 g/mol. The number of H-pyrrole nitrogens is 1. The number of carbonyl (C=O) groups is 1. The Bertz CT molecular complexity index is 611. The lowest BCUT2D eigenvalue weighted by Gasteiger charge is -2.21. The van der Waals surface area contributed by atoms with Gasteiger partial charge in [0.15, 0.2) is 10.8 Å². The molecule has 1 saturated heterocycles. The summed E-state index contributed by atoms with van der Waals surface area (Å²) in [5.74, 6) is 1.78. The molecule has 1 aliphatic rings. The summed E-state index contributed by atoms with van der Waals surface area (Å²) >= 11 is 7.72. The molecule has 0 spiro atoms. The van der Waals surface area contributed by atoms with E-state index in [2.05, 4.69) is 30.6 Å². The highest BCUT2D eigenvalue weighted by Gasteiger charge is 2.22. The molecule has 3 N–H and O–H groups in total. The predicted octanol–water partition coefficient (Wildman–Crippen LogP) is 0.650. The van der Waals surface area contributed by atoms with Crippen molar-refractivity contribution in [2.24, 2.45) is 0 Å². The number of carbonyl (C=O) groups excluding carboxylic acids is 1. The Kier molecular flexibility index (Phi) is 3.54. The average Bonchev–Trinajstić information content (AvgIpc) is 2.88. The SMILES string of the molecule is O=C(Nc1nc(Cl)c2[nH]cnc2n1)C1CSCCN1. The Morgan fingerprint density at radius 3 is 3.21 bits per heavy atom. The Morgan fingerprint density at radius 2 is 2.42 bits per heavy atom. The highest BCUT2D eigenvalue weighted by Crippen LogP contribution is 2.18. The molecule has 1 fully saturated rings. The topological polar surface area (TPSA) is 95.6 Å². The van der Waals surface area contributed by atoms with E-state index in [0.29, 0.717) is 11.2 Å². The number of hydrogen-bond donors (Lipinski definition) is 3. The molecule has 1 atom stereocenters. The smallest absolute Gasteiger partial charge is 0.244 e. The van der Waals surface area contributed by atoms with Gasteiger partial charge < -0.3 is 10.3 Å². The minimum Gasteiger partial charge on any atom is -0.341 e. The van der Waals surface area contributed by atoms with E-state index in [1.54, 1.807) is 11.8 Å². The van der Waals surface area contributed by atoms with E-state index in [0.717, 1.165) is 18.1 Å². The largest absolute Gasteiger partial charge is 0.341 e. The van der Waals surface area contributed by atoms with E-state index in [1.165, 1.54) is 6.33 Å². The molecule has 1 aliphatic heterocycles. The summed E-state index contributed by atoms with van der Waals surface area (Å²) in [6.45, 7) is 0.822. The van der Waals surface area contributed by atoms with Crippen LogP contribution in [-0.2, 0) is 4.79 Å². The van der Waals surface area contributed by atoms with Crippen molar-refractivity contribution in [3.8, 4) is 0 Å². The first-order chi connectivity index (χ1) is 9.24. The van der Waals surface area contributed by atoms with Gasteiger partial charge in [0.05, 0.1) is 12.4 Å². The maximum Gasteiger partial charge on any atom is 0.244 e. The van der Waals surface area contributed by atoms with Crippen LogP contribution in [0.1, 0.15) is 0 Å². The maximum absolute atomic E-state index is 12.0. The van der Waals surface area contributed by atoms with Crippen LogP contribution < -0.4 is 10.6 Å². The van der Waals surface area contributed by atoms with Crippen LogP contribution in [0.5, 0.6) is 0 Å². The van der Waals surface area contributed by atoms with Crippen molar-refractivity contribution >= 4 is 46.4 Å². The second-order valence-electron chi connectivity index (χ2n) is 4.01. The van der Waals surface area contributed by atoms with Crippen LogP contribution in [0.25, 0.3) is 11.2 Å². The number of nitrogens with zero attached hydrogens (tertiary/aromatic N) is 3. The van der Waals surface area contributed by atoms with Crippen molar-refractivity contribution in [2.45, 2.75) is 6.04 Å². The summed E-state index contributed by atoms with van der Waals surface area (Å²) < 4.78 is 0. The highest BCUT2D eigenvalue weighted by molar-refractivity contribution is 7.99. The maximum atomic E-state index is 12.0. The van der Waals surface area contributed by atoms with Crippen molar-refractivity contribution in [3.63, 3.8) is 0 Å². The van der Waals surface area contributed by atoms with Gasteiger partial charge in [0.1, 0.15) is 5.52 Å². The number of imidazole rings is 1. The average molecular weight is 299 g/mol. The van der Waals surface area contributed by atoms with E-state index in [1.807, 2.05) is 0 Å². The zero-order valence-electron chi connectivity index (χ0n) is 9.81. The van der Waals surface area contributed by atoms with E-state index >= 15 is 0 Å². The van der Waals surface area contributed by atoms with Crippen LogP contribution in [0.4, 0.5) is 5.95 Å². The molecule has 100 valence electrons. The molecule has 0 radical (unpaired) electrons. The summed E-state index contributed by atoms with van der Waals surface area (Å²) in [7, 11) is 0. The number of amides is 1. The summed E-state index contributed by atoms with van der Waals surface area (Å²) in [6.07, 6.45) is 1.48. The second-order valence-corrected chi connectivity index (χ2v) is 5.52. The minimum atomic E-state index is -0.226. The van der Waals surface area contributed by atoms with Crippen molar-refractivity contribution in [1.82, 2.24) is 25.3 Å². The third-order valence-electron chi connectivity index (χ3n) is 2.71. The first-order valence-corrected chi connectivity index (χ1v) is 7.26. The second kappa shape index (κ2) is 5.32. The molecule has 2 aromatic heterocycles. The first kappa shape index (κ1) is 12.6. The van der Waals surface area contributed by atoms with Gasteiger partial charge in [-0.2, -0.15) is 21.7 Å². The molecule has 3 rings (SSSR count). The number of thioether (sulfide) groups is 1. The van der Waals surface area contributed by atoms with Crippen LogP contribution in [0, 0.1) is 0 Å². The molecule has 0 aromatic carbocycles. The molecule has 19 heavy (non-hydrogen) atoms. The molecule has 1 unspecified atom stereocenters. The number of aromatic nitrogens is 4. The van der Waals surface area contributed by atoms with Gasteiger partial charge in [0, 0.05) is 18.1 Å². The zero-order valence-corrected chi connectivity index (χ0v) is 11.4. The Labute approximate surface area is 117 Å². The van der Waals surface area contributed by atoms with Crippen LogP contribution in [-0.4, -0.2) is 49.9 Å². The standard InChI is InChI=1S/C10H11ClN6OS/c11-7-6-8(14-4-13-6)16-10(15-7)17-9(18)5-3-19-2-1-12-5/h4-5,12H,1-3H2,(H2,13,14,15,16,17,18). The Balaban J connectivity index is 1.78. The van der Waals surface area contributed by atoms with Crippen LogP contribution >= 0.6 is 23.4 Å². The lowest BCUT2D eigenvalue weighted by molar-refractivity contribution is -0.117. The van der Waals surface area contributed by atoms with E-state index in [4.69, 9.17) is 11.6 Å². The summed E-state index contributed by atoms with van der Waals surface area (Å²) in [5.41, 5.74) is 0.993. The molecule has 2 aromatic rings. The van der Waals surface area contributed by atoms with E-state index in [9.17, 15) is 4.79 Å². The van der Waals surface area contributed by atoms with Gasteiger partial charge in [-0.05, 0) is 0 Å². The van der Waals surface area contributed by atoms with Crippen LogP contribution in [0.15, 0.2) is 6.33 Å². The lowest BCUT2D eigenvalue weighted by Crippen LogP contribution is -2.46. The highest BCUT2D eigenvalue weighted by atomic mass is 35.5. The van der Waals surface area contributed by atoms with E-state index < -0.39 is 0 Å². The number of fused-ring (bicyclic) bond motifs is 1. The number of nitrogens with one attached hydrogen (secondary N) is 3. The number of rotatable bonds is 2. The molecule has 7 nitrogen and oxygen atoms in total. The first-order valence-electron chi connectivity index (χ1n) is 5.72. The molecule has 0 saturated carbocycles. The quantitative estimate of drug-likeness (QED) is 0.705. The fourth-order valence-corrected chi connectivity index (χ4v) is 2.94. The van der Waals surface area contributed by atoms with Gasteiger partial charge in [-0.1, -0.05) is 11.6 Å². The number of aromatic amines is 1. The Morgan fingerprint density at radius 1 is 1.53 bits per heavy atom. The molecule has 0 aliphatic carbocycles. The molecule has 9 heteroatoms. The number of hydrogen-bond acceptors (Lipinski definition) is 6. The summed E-state index contributed by atoms with van der Waals surface area (Å²) in [6, 6.07) is -0.226. The summed E-state index contributed by atoms with van der Waals surface area (Å²) in [5, 5.41) is 6.04. The van der Waals surface area contributed by atoms with Crippen molar-refractivity contribution < 1.29 is 4.79 Å². The lowest BCUT2D eigenvalue weighted by atomic mass is 10.3. The van der Waals surface area contributed by atoms with Gasteiger partial charge in [-0.15, -0.1) is 0 Å². The number of anilines is 1. The summed E-state index contributed by atoms with van der Waals surface area (Å²) in [4.78, 5) is 27.0. The van der Waals surface area contributed by atoms with Gasteiger partial charge >= 0.3 is 0 Å². The van der Waals surface area contributed by atoms with Crippen molar-refractivity contribution in [1.29, 1.82) is 0 Å². The molecule has 1 amide bonds. The third kappa shape index (κ3) is 2.65. The van der Waals surface area contributed by atoms with Crippen molar-refractivity contribution in [3.05, 3.63) is 11.5 Å². The molecule has 0 bridgehead atoms. The molecular formula is C10H11ClN6OS. The van der Waals surface area contributed by atoms with Gasteiger partial charge in [-0.3, -0.25) is 10.1 Å². The van der Waals surface area contributed by atoms with E-state index in [-0.39, 0.29) is 23.1 Å². The third-order valence-corrected chi connectivity index (χ3v) is 4.05.